The van der Waals surface area contributed by atoms with E-state index in [2.05, 4.69) is 42.7 Å². The summed E-state index contributed by atoms with van der Waals surface area (Å²) in [6.45, 7) is 6.18. The third-order valence-corrected chi connectivity index (χ3v) is 3.74. The van der Waals surface area contributed by atoms with Crippen molar-refractivity contribution in [2.24, 2.45) is 0 Å². The van der Waals surface area contributed by atoms with Gasteiger partial charge < -0.3 is 0 Å². The average molecular weight is 285 g/mol. The van der Waals surface area contributed by atoms with Crippen LogP contribution >= 0.6 is 11.6 Å². The van der Waals surface area contributed by atoms with Gasteiger partial charge in [0, 0.05) is 0 Å². The summed E-state index contributed by atoms with van der Waals surface area (Å²) in [5.74, 6) is 0.890. The van der Waals surface area contributed by atoms with Crippen LogP contribution in [0.5, 0.6) is 0 Å². The lowest BCUT2D eigenvalue weighted by atomic mass is 10.1. The maximum Gasteiger partial charge on any atom is 0.132 e. The molecular formula is C17H17ClN2. The Hall–Kier alpha value is -1.80. The number of fused-ring (bicyclic) bond motifs is 1. The van der Waals surface area contributed by atoms with Crippen LogP contribution in [0.4, 0.5) is 0 Å². The summed E-state index contributed by atoms with van der Waals surface area (Å²) in [5, 5.41) is -0.137. The van der Waals surface area contributed by atoms with E-state index in [0.29, 0.717) is 0 Å². The molecule has 0 saturated carbocycles. The number of hydrogen-bond acceptors (Lipinski definition) is 1. The number of nitrogens with zero attached hydrogens (tertiary/aromatic N) is 2. The molecule has 1 unspecified atom stereocenters. The third kappa shape index (κ3) is 2.10. The second-order valence-corrected chi connectivity index (χ2v) is 5.85. The fraction of sp³-hybridized carbons (Fsp3) is 0.235. The van der Waals surface area contributed by atoms with Gasteiger partial charge in [0.25, 0.3) is 0 Å². The molecule has 1 atom stereocenters. The number of halogens is 1. The van der Waals surface area contributed by atoms with E-state index in [0.717, 1.165) is 22.5 Å². The van der Waals surface area contributed by atoms with Crippen molar-refractivity contribution in [3.05, 3.63) is 59.4 Å². The first-order valence-electron chi connectivity index (χ1n) is 6.77. The van der Waals surface area contributed by atoms with Gasteiger partial charge in [0.15, 0.2) is 0 Å². The van der Waals surface area contributed by atoms with Crippen molar-refractivity contribution in [3.63, 3.8) is 0 Å². The molecule has 0 aliphatic rings. The number of imidazole rings is 1. The van der Waals surface area contributed by atoms with Gasteiger partial charge >= 0.3 is 0 Å². The molecule has 2 aromatic carbocycles. The molecule has 3 rings (SSSR count). The highest BCUT2D eigenvalue weighted by Crippen LogP contribution is 2.29. The first-order valence-corrected chi connectivity index (χ1v) is 7.20. The van der Waals surface area contributed by atoms with E-state index in [1.54, 1.807) is 0 Å². The van der Waals surface area contributed by atoms with E-state index in [4.69, 9.17) is 16.6 Å². The Balaban J connectivity index is 2.39. The fourth-order valence-corrected chi connectivity index (χ4v) is 2.67. The highest BCUT2D eigenvalue weighted by atomic mass is 35.5. The minimum Gasteiger partial charge on any atom is -0.295 e. The first kappa shape index (κ1) is 13.2. The number of alkyl halides is 1. The second kappa shape index (κ2) is 4.95. The van der Waals surface area contributed by atoms with Gasteiger partial charge in [-0.1, -0.05) is 24.3 Å². The van der Waals surface area contributed by atoms with Crippen LogP contribution in [-0.2, 0) is 0 Å². The van der Waals surface area contributed by atoms with Crippen molar-refractivity contribution in [1.82, 2.24) is 9.55 Å². The average Bonchev–Trinajstić information content (AvgIpc) is 2.81. The van der Waals surface area contributed by atoms with Crippen LogP contribution in [-0.4, -0.2) is 9.55 Å². The quantitative estimate of drug-likeness (QED) is 0.609. The van der Waals surface area contributed by atoms with Crippen LogP contribution in [0, 0.1) is 13.8 Å². The van der Waals surface area contributed by atoms with E-state index < -0.39 is 0 Å². The minimum absolute atomic E-state index is 0.137. The summed E-state index contributed by atoms with van der Waals surface area (Å²) < 4.78 is 2.18. The Morgan fingerprint density at radius 2 is 1.85 bits per heavy atom. The molecule has 1 heterocycles. The molecule has 0 spiro atoms. The van der Waals surface area contributed by atoms with E-state index in [1.165, 1.54) is 11.1 Å². The number of rotatable bonds is 2. The van der Waals surface area contributed by atoms with Gasteiger partial charge in [-0.3, -0.25) is 4.57 Å². The van der Waals surface area contributed by atoms with Gasteiger partial charge in [-0.2, -0.15) is 0 Å². The van der Waals surface area contributed by atoms with Crippen LogP contribution in [0.25, 0.3) is 16.7 Å². The van der Waals surface area contributed by atoms with Gasteiger partial charge in [0.05, 0.1) is 22.1 Å². The van der Waals surface area contributed by atoms with Gasteiger partial charge in [0.2, 0.25) is 0 Å². The Kier molecular flexibility index (Phi) is 3.27. The number of para-hydroxylation sites is 2. The molecule has 0 fully saturated rings. The molecule has 0 amide bonds. The molecule has 20 heavy (non-hydrogen) atoms. The zero-order valence-electron chi connectivity index (χ0n) is 11.9. The largest absolute Gasteiger partial charge is 0.295 e. The second-order valence-electron chi connectivity index (χ2n) is 5.20. The Bertz CT molecular complexity index is 772. The van der Waals surface area contributed by atoms with Crippen molar-refractivity contribution in [1.29, 1.82) is 0 Å². The lowest BCUT2D eigenvalue weighted by Crippen LogP contribution is -2.04. The zero-order chi connectivity index (χ0) is 14.3. The molecule has 1 aromatic heterocycles. The van der Waals surface area contributed by atoms with Crippen molar-refractivity contribution in [2.75, 3.05) is 0 Å². The van der Waals surface area contributed by atoms with Crippen molar-refractivity contribution in [2.45, 2.75) is 26.1 Å². The lowest BCUT2D eigenvalue weighted by Gasteiger charge is -2.14. The number of aromatic nitrogens is 2. The molecule has 0 saturated heterocycles. The van der Waals surface area contributed by atoms with Crippen LogP contribution in [0.1, 0.15) is 29.3 Å². The summed E-state index contributed by atoms with van der Waals surface area (Å²) in [6, 6.07) is 14.6. The molecule has 2 nitrogen and oxygen atoms in total. The summed E-state index contributed by atoms with van der Waals surface area (Å²) >= 11 is 6.34. The minimum atomic E-state index is -0.137. The van der Waals surface area contributed by atoms with E-state index in [1.807, 2.05) is 25.1 Å². The lowest BCUT2D eigenvalue weighted by molar-refractivity contribution is 0.877. The van der Waals surface area contributed by atoms with E-state index in [9.17, 15) is 0 Å². The molecule has 0 bridgehead atoms. The number of hydrogen-bond donors (Lipinski definition) is 0. The van der Waals surface area contributed by atoms with Crippen LogP contribution < -0.4 is 0 Å². The maximum absolute atomic E-state index is 6.34. The predicted molar refractivity (Wildman–Crippen MR) is 84.8 cm³/mol. The molecule has 102 valence electrons. The van der Waals surface area contributed by atoms with E-state index >= 15 is 0 Å². The SMILES string of the molecule is Cc1ccc(C)c(-n2c(C(C)Cl)nc3ccccc32)c1. The fourth-order valence-electron chi connectivity index (χ4n) is 2.52. The smallest absolute Gasteiger partial charge is 0.132 e. The molecule has 3 aromatic rings. The summed E-state index contributed by atoms with van der Waals surface area (Å²) in [6.07, 6.45) is 0. The molecule has 0 aliphatic carbocycles. The van der Waals surface area contributed by atoms with Gasteiger partial charge in [-0.15, -0.1) is 11.6 Å². The maximum atomic E-state index is 6.34. The molecule has 0 N–H and O–H groups in total. The molecule has 0 aliphatic heterocycles. The third-order valence-electron chi connectivity index (χ3n) is 3.55. The van der Waals surface area contributed by atoms with Crippen LogP contribution in [0.3, 0.4) is 0 Å². The van der Waals surface area contributed by atoms with E-state index in [-0.39, 0.29) is 5.38 Å². The highest BCUT2D eigenvalue weighted by molar-refractivity contribution is 6.20. The summed E-state index contributed by atoms with van der Waals surface area (Å²) in [7, 11) is 0. The Morgan fingerprint density at radius 1 is 1.10 bits per heavy atom. The number of aryl methyl sites for hydroxylation is 2. The Labute approximate surface area is 124 Å². The summed E-state index contributed by atoms with van der Waals surface area (Å²) in [5.41, 5.74) is 5.69. The van der Waals surface area contributed by atoms with Crippen molar-refractivity contribution >= 4 is 22.6 Å². The normalized spacial score (nSPS) is 12.8. The summed E-state index contributed by atoms with van der Waals surface area (Å²) in [4.78, 5) is 4.69. The van der Waals surface area contributed by atoms with Crippen molar-refractivity contribution < 1.29 is 0 Å². The number of benzene rings is 2. The van der Waals surface area contributed by atoms with Gasteiger partial charge in [-0.05, 0) is 50.1 Å². The standard InChI is InChI=1S/C17H17ClN2/c1-11-8-9-12(2)16(10-11)20-15-7-5-4-6-14(15)19-17(20)13(3)18/h4-10,13H,1-3H3. The molecule has 0 radical (unpaired) electrons. The van der Waals surface area contributed by atoms with Gasteiger partial charge in [0.1, 0.15) is 5.82 Å². The predicted octanol–water partition coefficient (Wildman–Crippen LogP) is 4.94. The highest BCUT2D eigenvalue weighted by Gasteiger charge is 2.17. The van der Waals surface area contributed by atoms with Crippen LogP contribution in [0.15, 0.2) is 42.5 Å². The molecule has 3 heteroatoms. The van der Waals surface area contributed by atoms with Crippen LogP contribution in [0.2, 0.25) is 0 Å². The van der Waals surface area contributed by atoms with Gasteiger partial charge in [-0.25, -0.2) is 4.98 Å². The Morgan fingerprint density at radius 3 is 2.60 bits per heavy atom. The topological polar surface area (TPSA) is 17.8 Å². The monoisotopic (exact) mass is 284 g/mol. The molecular weight excluding hydrogens is 268 g/mol. The zero-order valence-corrected chi connectivity index (χ0v) is 12.6. The first-order chi connectivity index (χ1) is 9.58. The van der Waals surface area contributed by atoms with Crippen molar-refractivity contribution in [3.8, 4) is 5.69 Å².